The lowest BCUT2D eigenvalue weighted by Crippen LogP contribution is -2.19. The summed E-state index contributed by atoms with van der Waals surface area (Å²) in [6.45, 7) is -0.791. The number of hydrogen-bond donors (Lipinski definition) is 2. The van der Waals surface area contributed by atoms with Crippen LogP contribution < -0.4 is 15.4 Å². The molecule has 5 nitrogen and oxygen atoms in total. The van der Waals surface area contributed by atoms with E-state index < -0.39 is 12.4 Å². The van der Waals surface area contributed by atoms with Crippen LogP contribution in [0, 0.1) is 12.7 Å². The number of aromatic nitrogens is 2. The Kier molecular flexibility index (Phi) is 6.60. The summed E-state index contributed by atoms with van der Waals surface area (Å²) in [5.41, 5.74) is 2.44. The lowest BCUT2D eigenvalue weighted by molar-refractivity contribution is -0.0493. The van der Waals surface area contributed by atoms with Crippen LogP contribution in [0.15, 0.2) is 48.8 Å². The van der Waals surface area contributed by atoms with Crippen molar-refractivity contribution < 1.29 is 17.9 Å². The zero-order chi connectivity index (χ0) is 21.0. The van der Waals surface area contributed by atoms with Gasteiger partial charge in [-0.15, -0.1) is 0 Å². The fourth-order valence-corrected chi connectivity index (χ4v) is 3.02. The first-order valence-corrected chi connectivity index (χ1v) is 9.18. The van der Waals surface area contributed by atoms with Gasteiger partial charge < -0.3 is 15.4 Å². The molecule has 0 spiro atoms. The molecule has 0 aliphatic heterocycles. The lowest BCUT2D eigenvalue weighted by atomic mass is 10.2. The van der Waals surface area contributed by atoms with E-state index in [9.17, 15) is 13.2 Å². The molecule has 0 unspecified atom stereocenters. The third-order valence-corrected chi connectivity index (χ3v) is 4.39. The van der Waals surface area contributed by atoms with E-state index >= 15 is 0 Å². The number of benzene rings is 2. The van der Waals surface area contributed by atoms with Crippen LogP contribution in [0.2, 0.25) is 5.02 Å². The summed E-state index contributed by atoms with van der Waals surface area (Å²) < 4.78 is 44.4. The summed E-state index contributed by atoms with van der Waals surface area (Å²) in [7, 11) is 0. The van der Waals surface area contributed by atoms with Crippen LogP contribution in [-0.2, 0) is 6.54 Å². The van der Waals surface area contributed by atoms with E-state index in [1.165, 1.54) is 24.4 Å². The van der Waals surface area contributed by atoms with Crippen LogP contribution in [0.5, 0.6) is 5.75 Å². The standard InChI is InChI=1S/C19H16ClF3N4OS/c1-11-2-5-17(28-18(22)23)16(6-11)26-19(29)25-14-8-24-27(10-14)9-12-3-4-13(21)7-15(12)20/h2-8,10,18H,9H2,1H3,(H2,25,26,29). The molecule has 152 valence electrons. The minimum absolute atomic E-state index is 0.0172. The first-order valence-electron chi connectivity index (χ1n) is 8.40. The van der Waals surface area contributed by atoms with Crippen molar-refractivity contribution in [3.8, 4) is 5.75 Å². The average Bonchev–Trinajstić information content (AvgIpc) is 3.06. The van der Waals surface area contributed by atoms with Crippen LogP contribution in [0.4, 0.5) is 24.5 Å². The van der Waals surface area contributed by atoms with Crippen molar-refractivity contribution in [3.63, 3.8) is 0 Å². The molecule has 0 amide bonds. The molecule has 0 bridgehead atoms. The number of thiocarbonyl (C=S) groups is 1. The van der Waals surface area contributed by atoms with Gasteiger partial charge in [0.25, 0.3) is 0 Å². The van der Waals surface area contributed by atoms with E-state index in [0.29, 0.717) is 28.5 Å². The molecule has 1 heterocycles. The third kappa shape index (κ3) is 5.85. The highest BCUT2D eigenvalue weighted by molar-refractivity contribution is 7.80. The number of halogens is 4. The molecule has 1 aromatic heterocycles. The van der Waals surface area contributed by atoms with Gasteiger partial charge in [0.05, 0.1) is 24.1 Å². The maximum atomic E-state index is 13.1. The maximum Gasteiger partial charge on any atom is 0.387 e. The van der Waals surface area contributed by atoms with E-state index in [4.69, 9.17) is 23.8 Å². The largest absolute Gasteiger partial charge is 0.433 e. The van der Waals surface area contributed by atoms with Gasteiger partial charge in [-0.25, -0.2) is 4.39 Å². The molecule has 3 aromatic rings. The van der Waals surface area contributed by atoms with Crippen LogP contribution >= 0.6 is 23.8 Å². The van der Waals surface area contributed by atoms with Crippen LogP contribution in [-0.4, -0.2) is 21.5 Å². The summed E-state index contributed by atoms with van der Waals surface area (Å²) in [6.07, 6.45) is 3.22. The van der Waals surface area contributed by atoms with E-state index in [2.05, 4.69) is 20.5 Å². The van der Waals surface area contributed by atoms with Crippen molar-refractivity contribution in [2.45, 2.75) is 20.1 Å². The molecule has 0 fully saturated rings. The number of rotatable bonds is 6. The zero-order valence-corrected chi connectivity index (χ0v) is 16.7. The van der Waals surface area contributed by atoms with Gasteiger partial charge in [-0.1, -0.05) is 23.7 Å². The summed E-state index contributed by atoms with van der Waals surface area (Å²) in [5.74, 6) is -0.430. The van der Waals surface area contributed by atoms with E-state index in [1.54, 1.807) is 29.1 Å². The smallest absolute Gasteiger partial charge is 0.387 e. The van der Waals surface area contributed by atoms with Crippen LogP contribution in [0.25, 0.3) is 0 Å². The highest BCUT2D eigenvalue weighted by Gasteiger charge is 2.12. The number of aryl methyl sites for hydroxylation is 1. The molecule has 2 aromatic carbocycles. The van der Waals surface area contributed by atoms with Gasteiger partial charge in [-0.05, 0) is 54.5 Å². The Morgan fingerprint density at radius 3 is 2.76 bits per heavy atom. The van der Waals surface area contributed by atoms with Crippen molar-refractivity contribution >= 4 is 40.3 Å². The Bertz CT molecular complexity index is 1030. The van der Waals surface area contributed by atoms with Crippen molar-refractivity contribution in [2.24, 2.45) is 0 Å². The zero-order valence-electron chi connectivity index (χ0n) is 15.1. The normalized spacial score (nSPS) is 10.8. The fourth-order valence-electron chi connectivity index (χ4n) is 2.56. The van der Waals surface area contributed by atoms with Gasteiger partial charge in [0, 0.05) is 11.2 Å². The number of nitrogens with zero attached hydrogens (tertiary/aromatic N) is 2. The summed E-state index contributed by atoms with van der Waals surface area (Å²) in [6, 6.07) is 8.89. The quantitative estimate of drug-likeness (QED) is 0.500. The van der Waals surface area contributed by atoms with E-state index in [1.807, 2.05) is 6.92 Å². The Morgan fingerprint density at radius 1 is 1.24 bits per heavy atom. The molecule has 0 aliphatic rings. The lowest BCUT2D eigenvalue weighted by Gasteiger charge is -2.14. The number of ether oxygens (including phenoxy) is 1. The summed E-state index contributed by atoms with van der Waals surface area (Å²) in [5, 5.41) is 10.4. The van der Waals surface area contributed by atoms with Gasteiger partial charge in [-0.2, -0.15) is 13.9 Å². The summed E-state index contributed by atoms with van der Waals surface area (Å²) in [4.78, 5) is 0. The SMILES string of the molecule is Cc1ccc(OC(F)F)c(NC(=S)Nc2cnn(Cc3ccc(F)cc3Cl)c2)c1. The molecule has 29 heavy (non-hydrogen) atoms. The maximum absolute atomic E-state index is 13.1. The molecule has 10 heteroatoms. The minimum atomic E-state index is -2.95. The first-order chi connectivity index (χ1) is 13.8. The Balaban J connectivity index is 1.66. The van der Waals surface area contributed by atoms with Crippen molar-refractivity contribution in [3.05, 3.63) is 70.8 Å². The third-order valence-electron chi connectivity index (χ3n) is 3.84. The topological polar surface area (TPSA) is 51.1 Å². The average molecular weight is 441 g/mol. The number of alkyl halides is 2. The predicted octanol–water partition coefficient (Wildman–Crippen LogP) is 5.44. The number of hydrogen-bond acceptors (Lipinski definition) is 3. The number of anilines is 2. The van der Waals surface area contributed by atoms with Gasteiger partial charge in [-0.3, -0.25) is 4.68 Å². The van der Waals surface area contributed by atoms with E-state index in [-0.39, 0.29) is 10.9 Å². The molecule has 3 rings (SSSR count). The second-order valence-electron chi connectivity index (χ2n) is 6.12. The molecule has 0 saturated heterocycles. The molecular weight excluding hydrogens is 425 g/mol. The molecule has 0 radical (unpaired) electrons. The molecule has 0 atom stereocenters. The Hall–Kier alpha value is -2.78. The monoisotopic (exact) mass is 440 g/mol. The van der Waals surface area contributed by atoms with E-state index in [0.717, 1.165) is 5.56 Å². The van der Waals surface area contributed by atoms with Gasteiger partial charge in [0.2, 0.25) is 0 Å². The molecular formula is C19H16ClF3N4OS. The Morgan fingerprint density at radius 2 is 2.03 bits per heavy atom. The van der Waals surface area contributed by atoms with Crippen molar-refractivity contribution in [1.82, 2.24) is 9.78 Å². The highest BCUT2D eigenvalue weighted by atomic mass is 35.5. The first kappa shape index (κ1) is 20.9. The van der Waals surface area contributed by atoms with Gasteiger partial charge in [0.15, 0.2) is 5.11 Å². The fraction of sp³-hybridized carbons (Fsp3) is 0.158. The van der Waals surface area contributed by atoms with Crippen molar-refractivity contribution in [1.29, 1.82) is 0 Å². The van der Waals surface area contributed by atoms with Crippen LogP contribution in [0.1, 0.15) is 11.1 Å². The highest BCUT2D eigenvalue weighted by Crippen LogP contribution is 2.27. The van der Waals surface area contributed by atoms with Crippen LogP contribution in [0.3, 0.4) is 0 Å². The molecule has 0 aliphatic carbocycles. The summed E-state index contributed by atoms with van der Waals surface area (Å²) >= 11 is 11.3. The van der Waals surface area contributed by atoms with Gasteiger partial charge >= 0.3 is 6.61 Å². The molecule has 0 saturated carbocycles. The number of nitrogens with one attached hydrogen (secondary N) is 2. The second-order valence-corrected chi connectivity index (χ2v) is 6.94. The Labute approximate surface area is 175 Å². The second kappa shape index (κ2) is 9.15. The molecule has 2 N–H and O–H groups in total. The van der Waals surface area contributed by atoms with Gasteiger partial charge in [0.1, 0.15) is 11.6 Å². The minimum Gasteiger partial charge on any atom is -0.433 e. The predicted molar refractivity (Wildman–Crippen MR) is 110 cm³/mol. The van der Waals surface area contributed by atoms with Crippen molar-refractivity contribution in [2.75, 3.05) is 10.6 Å².